The molecule has 0 bridgehead atoms. The Labute approximate surface area is 49.2 Å². The van der Waals surface area contributed by atoms with E-state index < -0.39 is 0 Å². The molecule has 0 aliphatic rings. The molecule has 0 amide bonds. The predicted octanol–water partition coefficient (Wildman–Crippen LogP) is 0.182. The molecule has 49 valence electrons. The van der Waals surface area contributed by atoms with Gasteiger partial charge in [-0.3, -0.25) is 0 Å². The van der Waals surface area contributed by atoms with Crippen LogP contribution in [0.1, 0.15) is 0 Å². The fraction of sp³-hybridized carbons (Fsp3) is 0.800. The van der Waals surface area contributed by atoms with Crippen molar-refractivity contribution in [3.8, 4) is 0 Å². The highest BCUT2D eigenvalue weighted by molar-refractivity contribution is 4.62. The Bertz CT molecular complexity index is 42.9. The SMILES string of the molecule is COCC([CH]O)OC. The molecule has 1 radical (unpaired) electrons. The van der Waals surface area contributed by atoms with E-state index in [1.54, 1.807) is 7.11 Å². The number of aliphatic hydroxyl groups excluding tert-OH is 1. The van der Waals surface area contributed by atoms with Crippen LogP contribution in [0, 0.1) is 6.61 Å². The summed E-state index contributed by atoms with van der Waals surface area (Å²) in [7, 11) is 3.06. The molecule has 0 aromatic rings. The molecule has 8 heavy (non-hydrogen) atoms. The molecule has 0 aliphatic heterocycles. The smallest absolute Gasteiger partial charge is 0.111 e. The summed E-state index contributed by atoms with van der Waals surface area (Å²) in [6, 6.07) is 0. The van der Waals surface area contributed by atoms with Crippen molar-refractivity contribution in [1.29, 1.82) is 0 Å². The van der Waals surface area contributed by atoms with Crippen LogP contribution in [0.15, 0.2) is 0 Å². The second-order valence-corrected chi connectivity index (χ2v) is 1.38. The minimum atomic E-state index is -0.292. The highest BCUT2D eigenvalue weighted by Gasteiger charge is 2.02. The van der Waals surface area contributed by atoms with Crippen molar-refractivity contribution in [1.82, 2.24) is 0 Å². The first-order chi connectivity index (χ1) is 3.85. The molecular formula is C5H11O3. The van der Waals surface area contributed by atoms with Gasteiger partial charge in [0.15, 0.2) is 0 Å². The lowest BCUT2D eigenvalue weighted by Crippen LogP contribution is -2.17. The lowest BCUT2D eigenvalue weighted by Gasteiger charge is -2.08. The minimum absolute atomic E-state index is 0.292. The van der Waals surface area contributed by atoms with Gasteiger partial charge in [-0.25, -0.2) is 0 Å². The molecule has 3 heteroatoms. The Morgan fingerprint density at radius 3 is 2.38 bits per heavy atom. The Balaban J connectivity index is 3.07. The maximum atomic E-state index is 8.33. The van der Waals surface area contributed by atoms with E-state index in [2.05, 4.69) is 4.74 Å². The van der Waals surface area contributed by atoms with Gasteiger partial charge in [0.2, 0.25) is 0 Å². The van der Waals surface area contributed by atoms with Crippen molar-refractivity contribution in [2.75, 3.05) is 20.8 Å². The molecule has 1 atom stereocenters. The van der Waals surface area contributed by atoms with Gasteiger partial charge in [0.1, 0.15) is 12.7 Å². The highest BCUT2D eigenvalue weighted by Crippen LogP contribution is 1.90. The topological polar surface area (TPSA) is 38.7 Å². The van der Waals surface area contributed by atoms with Gasteiger partial charge in [0, 0.05) is 14.2 Å². The third-order valence-electron chi connectivity index (χ3n) is 0.800. The van der Waals surface area contributed by atoms with Crippen molar-refractivity contribution in [2.45, 2.75) is 6.10 Å². The molecule has 0 saturated carbocycles. The van der Waals surface area contributed by atoms with Gasteiger partial charge in [-0.05, 0) is 0 Å². The predicted molar refractivity (Wildman–Crippen MR) is 28.9 cm³/mol. The number of hydrogen-bond donors (Lipinski definition) is 1. The Morgan fingerprint density at radius 1 is 1.62 bits per heavy atom. The van der Waals surface area contributed by atoms with Crippen molar-refractivity contribution < 1.29 is 14.6 Å². The Morgan fingerprint density at radius 2 is 2.25 bits per heavy atom. The summed E-state index contributed by atoms with van der Waals surface area (Å²) in [6.45, 7) is 1.36. The number of ether oxygens (including phenoxy) is 2. The monoisotopic (exact) mass is 119 g/mol. The summed E-state index contributed by atoms with van der Waals surface area (Å²) >= 11 is 0. The first-order valence-corrected chi connectivity index (χ1v) is 2.34. The van der Waals surface area contributed by atoms with Crippen LogP contribution in [-0.4, -0.2) is 32.0 Å². The minimum Gasteiger partial charge on any atom is -0.388 e. The third kappa shape index (κ3) is 2.96. The molecule has 0 saturated heterocycles. The van der Waals surface area contributed by atoms with Gasteiger partial charge in [-0.2, -0.15) is 0 Å². The summed E-state index contributed by atoms with van der Waals surface area (Å²) in [5.41, 5.74) is 0. The van der Waals surface area contributed by atoms with E-state index in [1.807, 2.05) is 0 Å². The number of aliphatic hydroxyl groups is 1. The molecule has 0 aromatic carbocycles. The van der Waals surface area contributed by atoms with E-state index in [9.17, 15) is 0 Å². The first kappa shape index (κ1) is 7.88. The summed E-state index contributed by atoms with van der Waals surface area (Å²) < 4.78 is 9.38. The van der Waals surface area contributed by atoms with Crippen LogP contribution in [0.3, 0.4) is 0 Å². The van der Waals surface area contributed by atoms with E-state index in [1.165, 1.54) is 7.11 Å². The average molecular weight is 119 g/mol. The molecule has 0 rings (SSSR count). The average Bonchev–Trinajstić information content (AvgIpc) is 1.83. The van der Waals surface area contributed by atoms with Gasteiger partial charge >= 0.3 is 0 Å². The lowest BCUT2D eigenvalue weighted by molar-refractivity contribution is 0.0220. The molecule has 0 heterocycles. The second-order valence-electron chi connectivity index (χ2n) is 1.38. The number of rotatable bonds is 4. The zero-order valence-electron chi connectivity index (χ0n) is 5.13. The molecule has 3 nitrogen and oxygen atoms in total. The maximum Gasteiger partial charge on any atom is 0.111 e. The maximum absolute atomic E-state index is 8.33. The van der Waals surface area contributed by atoms with Crippen molar-refractivity contribution >= 4 is 0 Å². The normalized spacial score (nSPS) is 13.9. The fourth-order valence-corrected chi connectivity index (χ4v) is 0.336. The standard InChI is InChI=1S/C5H11O3/c1-7-4-5(3-6)8-2/h3,5-6H,4H2,1-2H3. The summed E-state index contributed by atoms with van der Waals surface area (Å²) in [5.74, 6) is 0. The molecule has 1 N–H and O–H groups in total. The van der Waals surface area contributed by atoms with E-state index in [4.69, 9.17) is 9.84 Å². The van der Waals surface area contributed by atoms with Gasteiger partial charge in [0.25, 0.3) is 0 Å². The van der Waals surface area contributed by atoms with Crippen LogP contribution in [0.25, 0.3) is 0 Å². The van der Waals surface area contributed by atoms with Gasteiger partial charge in [-0.1, -0.05) is 0 Å². The number of hydrogen-bond acceptors (Lipinski definition) is 3. The largest absolute Gasteiger partial charge is 0.388 e. The first-order valence-electron chi connectivity index (χ1n) is 2.34. The molecule has 0 aromatic heterocycles. The van der Waals surface area contributed by atoms with Crippen LogP contribution < -0.4 is 0 Å². The van der Waals surface area contributed by atoms with Crippen LogP contribution in [0.2, 0.25) is 0 Å². The molecule has 0 fully saturated rings. The highest BCUT2D eigenvalue weighted by atomic mass is 16.5. The van der Waals surface area contributed by atoms with Gasteiger partial charge in [-0.15, -0.1) is 0 Å². The van der Waals surface area contributed by atoms with Gasteiger partial charge in [0.05, 0.1) is 6.61 Å². The molecule has 1 unspecified atom stereocenters. The van der Waals surface area contributed by atoms with Crippen LogP contribution in [0.5, 0.6) is 0 Å². The van der Waals surface area contributed by atoms with Crippen molar-refractivity contribution in [2.24, 2.45) is 0 Å². The Hall–Kier alpha value is -0.120. The number of methoxy groups -OCH3 is 2. The van der Waals surface area contributed by atoms with Crippen molar-refractivity contribution in [3.05, 3.63) is 6.61 Å². The van der Waals surface area contributed by atoms with Crippen LogP contribution in [-0.2, 0) is 9.47 Å². The lowest BCUT2D eigenvalue weighted by atomic mass is 10.4. The summed E-state index contributed by atoms with van der Waals surface area (Å²) in [4.78, 5) is 0. The molecular weight excluding hydrogens is 108 g/mol. The van der Waals surface area contributed by atoms with E-state index >= 15 is 0 Å². The molecule has 0 spiro atoms. The summed E-state index contributed by atoms with van der Waals surface area (Å²) in [6.07, 6.45) is -0.292. The van der Waals surface area contributed by atoms with Crippen LogP contribution >= 0.6 is 0 Å². The van der Waals surface area contributed by atoms with E-state index in [-0.39, 0.29) is 6.10 Å². The van der Waals surface area contributed by atoms with E-state index in [0.717, 1.165) is 6.61 Å². The summed E-state index contributed by atoms with van der Waals surface area (Å²) in [5, 5.41) is 8.33. The second kappa shape index (κ2) is 5.03. The fourth-order valence-electron chi connectivity index (χ4n) is 0.336. The Kier molecular flexibility index (Phi) is 4.95. The van der Waals surface area contributed by atoms with Crippen LogP contribution in [0.4, 0.5) is 0 Å². The quantitative estimate of drug-likeness (QED) is 0.573. The van der Waals surface area contributed by atoms with Gasteiger partial charge < -0.3 is 14.6 Å². The van der Waals surface area contributed by atoms with Crippen molar-refractivity contribution in [3.63, 3.8) is 0 Å². The molecule has 0 aliphatic carbocycles. The zero-order valence-corrected chi connectivity index (χ0v) is 5.13. The third-order valence-corrected chi connectivity index (χ3v) is 0.800. The van der Waals surface area contributed by atoms with E-state index in [0.29, 0.717) is 6.61 Å². The zero-order chi connectivity index (χ0) is 6.41.